The molecule has 1 atom stereocenters. The molecule has 0 aromatic rings. The van der Waals surface area contributed by atoms with Gasteiger partial charge in [-0.05, 0) is 39.0 Å². The van der Waals surface area contributed by atoms with Gasteiger partial charge in [0, 0.05) is 0 Å². The van der Waals surface area contributed by atoms with Crippen LogP contribution in [0, 0.1) is 5.92 Å². The Kier molecular flexibility index (Phi) is 4.01. The highest BCUT2D eigenvalue weighted by Gasteiger charge is 2.02. The van der Waals surface area contributed by atoms with Crippen molar-refractivity contribution in [1.29, 1.82) is 0 Å². The molecule has 1 unspecified atom stereocenters. The zero-order chi connectivity index (χ0) is 9.68. The summed E-state index contributed by atoms with van der Waals surface area (Å²) in [5.41, 5.74) is 2.86. The zero-order valence-electron chi connectivity index (χ0n) is 9.01. The first-order chi connectivity index (χ1) is 6.18. The standard InChI is InChI=1S/C13H20/c1-11-6-4-5-7-12(2)10-13(3)9-8-11/h4,6,8-9,12H,5,7,10H2,1-3H3/b6-4+,11-8-,13-9+. The van der Waals surface area contributed by atoms with E-state index in [4.69, 9.17) is 0 Å². The highest BCUT2D eigenvalue weighted by molar-refractivity contribution is 5.24. The molecule has 1 aliphatic rings. The lowest BCUT2D eigenvalue weighted by molar-refractivity contribution is 0.533. The second-order valence-electron chi connectivity index (χ2n) is 4.21. The predicted octanol–water partition coefficient (Wildman–Crippen LogP) is 4.26. The van der Waals surface area contributed by atoms with Gasteiger partial charge < -0.3 is 0 Å². The minimum absolute atomic E-state index is 0.827. The van der Waals surface area contributed by atoms with Crippen LogP contribution in [0.4, 0.5) is 0 Å². The van der Waals surface area contributed by atoms with Crippen LogP contribution < -0.4 is 0 Å². The molecule has 0 radical (unpaired) electrons. The lowest BCUT2D eigenvalue weighted by atomic mass is 9.96. The van der Waals surface area contributed by atoms with Gasteiger partial charge in [-0.3, -0.25) is 0 Å². The average molecular weight is 176 g/mol. The fourth-order valence-electron chi connectivity index (χ4n) is 1.70. The van der Waals surface area contributed by atoms with Crippen molar-refractivity contribution < 1.29 is 0 Å². The first-order valence-corrected chi connectivity index (χ1v) is 5.19. The predicted molar refractivity (Wildman–Crippen MR) is 59.7 cm³/mol. The highest BCUT2D eigenvalue weighted by atomic mass is 14.1. The summed E-state index contributed by atoms with van der Waals surface area (Å²) < 4.78 is 0. The summed E-state index contributed by atoms with van der Waals surface area (Å²) in [7, 11) is 0. The number of hydrogen-bond donors (Lipinski definition) is 0. The minimum atomic E-state index is 0.827. The van der Waals surface area contributed by atoms with Crippen LogP contribution in [-0.4, -0.2) is 0 Å². The van der Waals surface area contributed by atoms with Gasteiger partial charge in [-0.25, -0.2) is 0 Å². The second-order valence-corrected chi connectivity index (χ2v) is 4.21. The Morgan fingerprint density at radius 2 is 2.00 bits per heavy atom. The first kappa shape index (κ1) is 10.3. The van der Waals surface area contributed by atoms with E-state index in [9.17, 15) is 0 Å². The molecule has 0 amide bonds. The Bertz CT molecular complexity index is 241. The van der Waals surface area contributed by atoms with Crippen molar-refractivity contribution in [3.63, 3.8) is 0 Å². The Morgan fingerprint density at radius 1 is 1.23 bits per heavy atom. The molecule has 72 valence electrons. The molecule has 0 heterocycles. The molecule has 1 rings (SSSR count). The maximum absolute atomic E-state index is 2.34. The van der Waals surface area contributed by atoms with E-state index in [0.717, 1.165) is 5.92 Å². The Labute approximate surface area is 82.0 Å². The molecule has 0 N–H and O–H groups in total. The van der Waals surface area contributed by atoms with Gasteiger partial charge in [0.25, 0.3) is 0 Å². The molecule has 0 saturated carbocycles. The Balaban J connectivity index is 2.74. The topological polar surface area (TPSA) is 0 Å². The molecule has 13 heavy (non-hydrogen) atoms. The van der Waals surface area contributed by atoms with Gasteiger partial charge in [-0.15, -0.1) is 0 Å². The van der Waals surface area contributed by atoms with Crippen molar-refractivity contribution in [2.45, 2.75) is 40.0 Å². The third-order valence-corrected chi connectivity index (χ3v) is 2.51. The van der Waals surface area contributed by atoms with Gasteiger partial charge in [0.05, 0.1) is 0 Å². The Morgan fingerprint density at radius 3 is 2.77 bits per heavy atom. The largest absolute Gasteiger partial charge is 0.0843 e. The lowest BCUT2D eigenvalue weighted by Crippen LogP contribution is -1.95. The van der Waals surface area contributed by atoms with E-state index in [1.807, 2.05) is 0 Å². The van der Waals surface area contributed by atoms with Gasteiger partial charge in [0.2, 0.25) is 0 Å². The van der Waals surface area contributed by atoms with E-state index in [0.29, 0.717) is 0 Å². The molecule has 0 bridgehead atoms. The van der Waals surface area contributed by atoms with Crippen LogP contribution in [0.15, 0.2) is 35.5 Å². The molecule has 0 saturated heterocycles. The number of hydrogen-bond acceptors (Lipinski definition) is 0. The van der Waals surface area contributed by atoms with Crippen LogP contribution in [0.5, 0.6) is 0 Å². The summed E-state index contributed by atoms with van der Waals surface area (Å²) in [6, 6.07) is 0. The van der Waals surface area contributed by atoms with E-state index in [1.165, 1.54) is 30.4 Å². The SMILES string of the molecule is CC1=C/C=C(\C)CC(C)CC\C=C\1. The molecule has 0 aromatic carbocycles. The fourth-order valence-corrected chi connectivity index (χ4v) is 1.70. The summed E-state index contributed by atoms with van der Waals surface area (Å²) >= 11 is 0. The third-order valence-electron chi connectivity index (χ3n) is 2.51. The first-order valence-electron chi connectivity index (χ1n) is 5.19. The van der Waals surface area contributed by atoms with Crippen molar-refractivity contribution in [3.05, 3.63) is 35.5 Å². The van der Waals surface area contributed by atoms with Gasteiger partial charge >= 0.3 is 0 Å². The van der Waals surface area contributed by atoms with Crippen molar-refractivity contribution in [1.82, 2.24) is 0 Å². The van der Waals surface area contributed by atoms with Gasteiger partial charge in [-0.2, -0.15) is 0 Å². The van der Waals surface area contributed by atoms with Crippen LogP contribution in [0.2, 0.25) is 0 Å². The average Bonchev–Trinajstić information content (AvgIpc) is 2.08. The van der Waals surface area contributed by atoms with Crippen molar-refractivity contribution >= 4 is 0 Å². The molecule has 0 aliphatic heterocycles. The van der Waals surface area contributed by atoms with Gasteiger partial charge in [-0.1, -0.05) is 42.4 Å². The van der Waals surface area contributed by atoms with Gasteiger partial charge in [0.15, 0.2) is 0 Å². The summed E-state index contributed by atoms with van der Waals surface area (Å²) in [5.74, 6) is 0.827. The molecular weight excluding hydrogens is 156 g/mol. The van der Waals surface area contributed by atoms with Crippen LogP contribution in [0.1, 0.15) is 40.0 Å². The van der Waals surface area contributed by atoms with Crippen molar-refractivity contribution in [2.24, 2.45) is 5.92 Å². The Hall–Kier alpha value is -0.780. The molecule has 0 heteroatoms. The lowest BCUT2D eigenvalue weighted by Gasteiger charge is -2.10. The van der Waals surface area contributed by atoms with Crippen molar-refractivity contribution in [2.75, 3.05) is 0 Å². The van der Waals surface area contributed by atoms with E-state index < -0.39 is 0 Å². The minimum Gasteiger partial charge on any atom is -0.0843 e. The maximum atomic E-state index is 2.34. The van der Waals surface area contributed by atoms with E-state index in [-0.39, 0.29) is 0 Å². The maximum Gasteiger partial charge on any atom is -0.0294 e. The smallest absolute Gasteiger partial charge is 0.0294 e. The summed E-state index contributed by atoms with van der Waals surface area (Å²) in [6.45, 7) is 6.72. The number of rotatable bonds is 0. The molecular formula is C13H20. The second kappa shape index (κ2) is 5.06. The normalized spacial score (nSPS) is 35.5. The monoisotopic (exact) mass is 176 g/mol. The zero-order valence-corrected chi connectivity index (χ0v) is 9.01. The summed E-state index contributed by atoms with van der Waals surface area (Å²) in [6.07, 6.45) is 12.8. The van der Waals surface area contributed by atoms with Crippen LogP contribution >= 0.6 is 0 Å². The van der Waals surface area contributed by atoms with E-state index >= 15 is 0 Å². The summed E-state index contributed by atoms with van der Waals surface area (Å²) in [5, 5.41) is 0. The molecule has 1 aliphatic carbocycles. The molecule has 0 fully saturated rings. The van der Waals surface area contributed by atoms with Crippen molar-refractivity contribution in [3.8, 4) is 0 Å². The van der Waals surface area contributed by atoms with Crippen LogP contribution in [0.25, 0.3) is 0 Å². The molecule has 0 nitrogen and oxygen atoms in total. The van der Waals surface area contributed by atoms with Crippen LogP contribution in [-0.2, 0) is 0 Å². The molecule has 0 spiro atoms. The van der Waals surface area contributed by atoms with Gasteiger partial charge in [0.1, 0.15) is 0 Å². The van der Waals surface area contributed by atoms with E-state index in [1.54, 1.807) is 0 Å². The molecule has 0 aromatic heterocycles. The highest BCUT2D eigenvalue weighted by Crippen LogP contribution is 2.18. The van der Waals surface area contributed by atoms with Crippen LogP contribution in [0.3, 0.4) is 0 Å². The third kappa shape index (κ3) is 4.12. The number of allylic oxidation sites excluding steroid dienone is 6. The summed E-state index contributed by atoms with van der Waals surface area (Å²) in [4.78, 5) is 0. The fraction of sp³-hybridized carbons (Fsp3) is 0.538. The quantitative estimate of drug-likeness (QED) is 0.517. The van der Waals surface area contributed by atoms with E-state index in [2.05, 4.69) is 45.1 Å².